The lowest BCUT2D eigenvalue weighted by atomic mass is 10.2. The van der Waals surface area contributed by atoms with E-state index >= 15 is 0 Å². The first-order valence-electron chi connectivity index (χ1n) is 5.79. The molecule has 0 amide bonds. The van der Waals surface area contributed by atoms with Crippen molar-refractivity contribution in [3.05, 3.63) is 66.2 Å². The van der Waals surface area contributed by atoms with Gasteiger partial charge in [-0.05, 0) is 17.7 Å². The van der Waals surface area contributed by atoms with Gasteiger partial charge in [0.2, 0.25) is 0 Å². The normalized spacial score (nSPS) is 9.83. The topological polar surface area (TPSA) is 29.5 Å². The monoisotopic (exact) mass is 241 g/mol. The summed E-state index contributed by atoms with van der Waals surface area (Å²) in [5, 5.41) is 1.48. The summed E-state index contributed by atoms with van der Waals surface area (Å²) in [6.45, 7) is 0. The molecule has 0 radical (unpaired) electrons. The van der Waals surface area contributed by atoms with Crippen molar-refractivity contribution in [2.45, 2.75) is 6.42 Å². The van der Waals surface area contributed by atoms with Gasteiger partial charge in [0.1, 0.15) is 0 Å². The van der Waals surface area contributed by atoms with Crippen LogP contribution in [-0.2, 0) is 16.1 Å². The van der Waals surface area contributed by atoms with Gasteiger partial charge >= 0.3 is 5.97 Å². The Morgan fingerprint density at radius 2 is 1.56 bits per heavy atom. The molecule has 0 aliphatic heterocycles. The Bertz CT molecular complexity index is 496. The van der Waals surface area contributed by atoms with Gasteiger partial charge in [0.15, 0.2) is 0 Å². The van der Waals surface area contributed by atoms with E-state index in [0.717, 1.165) is 11.3 Å². The fourth-order valence-electron chi connectivity index (χ4n) is 1.64. The summed E-state index contributed by atoms with van der Waals surface area (Å²) in [7, 11) is 1.72. The zero-order valence-electron chi connectivity index (χ0n) is 10.2. The van der Waals surface area contributed by atoms with E-state index in [2.05, 4.69) is 0 Å². The molecule has 2 aromatic rings. The van der Waals surface area contributed by atoms with Crippen molar-refractivity contribution in [3.8, 4) is 0 Å². The average molecular weight is 241 g/mol. The summed E-state index contributed by atoms with van der Waals surface area (Å²) in [6, 6.07) is 19.0. The first kappa shape index (κ1) is 12.2. The van der Waals surface area contributed by atoms with Gasteiger partial charge in [0, 0.05) is 7.05 Å². The largest absolute Gasteiger partial charge is 0.341 e. The van der Waals surface area contributed by atoms with Crippen LogP contribution >= 0.6 is 0 Å². The van der Waals surface area contributed by atoms with Gasteiger partial charge in [0.25, 0.3) is 0 Å². The lowest BCUT2D eigenvalue weighted by Gasteiger charge is -2.17. The van der Waals surface area contributed by atoms with Gasteiger partial charge in [-0.3, -0.25) is 0 Å². The molecular weight excluding hydrogens is 226 g/mol. The van der Waals surface area contributed by atoms with Crippen LogP contribution in [0.25, 0.3) is 0 Å². The van der Waals surface area contributed by atoms with Crippen molar-refractivity contribution in [1.82, 2.24) is 0 Å². The molecule has 0 aliphatic rings. The minimum absolute atomic E-state index is 0.271. The van der Waals surface area contributed by atoms with E-state index in [1.165, 1.54) is 5.06 Å². The molecule has 0 bridgehead atoms. The number of para-hydroxylation sites is 1. The van der Waals surface area contributed by atoms with Gasteiger partial charge in [-0.2, -0.15) is 0 Å². The predicted molar refractivity (Wildman–Crippen MR) is 71.1 cm³/mol. The zero-order valence-corrected chi connectivity index (χ0v) is 10.2. The molecule has 0 unspecified atom stereocenters. The van der Waals surface area contributed by atoms with E-state index in [9.17, 15) is 4.79 Å². The van der Waals surface area contributed by atoms with E-state index < -0.39 is 0 Å². The summed E-state index contributed by atoms with van der Waals surface area (Å²) in [5.41, 5.74) is 1.79. The summed E-state index contributed by atoms with van der Waals surface area (Å²) in [5.74, 6) is -0.271. The summed E-state index contributed by atoms with van der Waals surface area (Å²) in [6.07, 6.45) is 0.276. The number of hydrogen-bond acceptors (Lipinski definition) is 3. The van der Waals surface area contributed by atoms with Crippen LogP contribution in [0.2, 0.25) is 0 Å². The molecule has 18 heavy (non-hydrogen) atoms. The van der Waals surface area contributed by atoms with Crippen LogP contribution < -0.4 is 5.06 Å². The maximum absolute atomic E-state index is 11.7. The minimum atomic E-state index is -0.271. The molecule has 92 valence electrons. The number of rotatable bonds is 4. The Balaban J connectivity index is 1.92. The van der Waals surface area contributed by atoms with Gasteiger partial charge in [0.05, 0.1) is 12.1 Å². The standard InChI is InChI=1S/C15H15NO2/c1-16(14-10-6-3-7-11-14)18-15(17)12-13-8-4-2-5-9-13/h2-11H,12H2,1H3. The molecule has 2 rings (SSSR count). The Morgan fingerprint density at radius 1 is 1.00 bits per heavy atom. The number of benzene rings is 2. The predicted octanol–water partition coefficient (Wildman–Crippen LogP) is 2.82. The number of carbonyl (C=O) groups excluding carboxylic acids is 1. The van der Waals surface area contributed by atoms with Crippen molar-refractivity contribution in [1.29, 1.82) is 0 Å². The van der Waals surface area contributed by atoms with Crippen LogP contribution in [0.5, 0.6) is 0 Å². The van der Waals surface area contributed by atoms with Gasteiger partial charge in [-0.15, -0.1) is 0 Å². The first-order chi connectivity index (χ1) is 8.75. The van der Waals surface area contributed by atoms with Crippen LogP contribution in [-0.4, -0.2) is 13.0 Å². The quantitative estimate of drug-likeness (QED) is 0.771. The number of hydroxylamine groups is 1. The highest BCUT2D eigenvalue weighted by molar-refractivity contribution is 5.73. The van der Waals surface area contributed by atoms with Crippen molar-refractivity contribution >= 4 is 11.7 Å². The van der Waals surface area contributed by atoms with Crippen LogP contribution in [0, 0.1) is 0 Å². The Kier molecular flexibility index (Phi) is 3.97. The average Bonchev–Trinajstić information content (AvgIpc) is 2.40. The fraction of sp³-hybridized carbons (Fsp3) is 0.133. The Hall–Kier alpha value is -2.29. The van der Waals surface area contributed by atoms with E-state index in [1.807, 2.05) is 60.7 Å². The Labute approximate surface area is 107 Å². The zero-order chi connectivity index (χ0) is 12.8. The third-order valence-corrected chi connectivity index (χ3v) is 2.55. The second-order valence-corrected chi connectivity index (χ2v) is 3.96. The molecule has 0 aromatic heterocycles. The third-order valence-electron chi connectivity index (χ3n) is 2.55. The maximum Gasteiger partial charge on any atom is 0.336 e. The van der Waals surface area contributed by atoms with E-state index in [4.69, 9.17) is 4.84 Å². The van der Waals surface area contributed by atoms with Crippen molar-refractivity contribution in [2.75, 3.05) is 12.1 Å². The summed E-state index contributed by atoms with van der Waals surface area (Å²) < 4.78 is 0. The highest BCUT2D eigenvalue weighted by Crippen LogP contribution is 2.12. The summed E-state index contributed by atoms with van der Waals surface area (Å²) in [4.78, 5) is 17.0. The van der Waals surface area contributed by atoms with E-state index in [1.54, 1.807) is 7.05 Å². The first-order valence-corrected chi connectivity index (χ1v) is 5.79. The third kappa shape index (κ3) is 3.35. The van der Waals surface area contributed by atoms with Crippen molar-refractivity contribution in [3.63, 3.8) is 0 Å². The molecule has 3 nitrogen and oxygen atoms in total. The smallest absolute Gasteiger partial charge is 0.336 e. The molecule has 0 saturated heterocycles. The van der Waals surface area contributed by atoms with Crippen LogP contribution in [0.4, 0.5) is 5.69 Å². The number of hydrogen-bond donors (Lipinski definition) is 0. The van der Waals surface area contributed by atoms with Gasteiger partial charge in [-0.25, -0.2) is 9.86 Å². The van der Waals surface area contributed by atoms with Crippen LogP contribution in [0.1, 0.15) is 5.56 Å². The lowest BCUT2D eigenvalue weighted by Crippen LogP contribution is -2.23. The molecule has 0 spiro atoms. The SMILES string of the molecule is CN(OC(=O)Cc1ccccc1)c1ccccc1. The van der Waals surface area contributed by atoms with Gasteiger partial charge in [-0.1, -0.05) is 48.5 Å². The molecule has 3 heteroatoms. The van der Waals surface area contributed by atoms with Crippen molar-refractivity contribution < 1.29 is 9.63 Å². The molecule has 0 fully saturated rings. The molecule has 0 aliphatic carbocycles. The number of anilines is 1. The number of nitrogens with zero attached hydrogens (tertiary/aromatic N) is 1. The minimum Gasteiger partial charge on any atom is -0.341 e. The fourth-order valence-corrected chi connectivity index (χ4v) is 1.64. The number of carbonyl (C=O) groups is 1. The van der Waals surface area contributed by atoms with Crippen molar-refractivity contribution in [2.24, 2.45) is 0 Å². The summed E-state index contributed by atoms with van der Waals surface area (Å²) >= 11 is 0. The molecule has 0 saturated carbocycles. The lowest BCUT2D eigenvalue weighted by molar-refractivity contribution is -0.143. The molecule has 2 aromatic carbocycles. The second kappa shape index (κ2) is 5.87. The molecule has 0 atom stereocenters. The molecular formula is C15H15NO2. The van der Waals surface area contributed by atoms with Crippen LogP contribution in [0.3, 0.4) is 0 Å². The van der Waals surface area contributed by atoms with Gasteiger partial charge < -0.3 is 4.84 Å². The highest BCUT2D eigenvalue weighted by atomic mass is 16.7. The molecule has 0 N–H and O–H groups in total. The molecule has 0 heterocycles. The second-order valence-electron chi connectivity index (χ2n) is 3.96. The Morgan fingerprint density at radius 3 is 2.17 bits per heavy atom. The van der Waals surface area contributed by atoms with Crippen LogP contribution in [0.15, 0.2) is 60.7 Å². The highest BCUT2D eigenvalue weighted by Gasteiger charge is 2.09. The van der Waals surface area contributed by atoms with E-state index in [0.29, 0.717) is 0 Å². The van der Waals surface area contributed by atoms with E-state index in [-0.39, 0.29) is 12.4 Å². The maximum atomic E-state index is 11.7.